The number of pyridine rings is 2. The molecule has 0 spiro atoms. The Kier molecular flexibility index (Phi) is 6.85. The van der Waals surface area contributed by atoms with E-state index >= 15 is 0 Å². The molecule has 2 atom stereocenters. The molecule has 0 amide bonds. The smallest absolute Gasteiger partial charge is 0.161 e. The molecular weight excluding hydrogens is 501 g/mol. The number of hydrogen-bond donors (Lipinski definition) is 2. The molecule has 0 saturated carbocycles. The third-order valence-corrected chi connectivity index (χ3v) is 6.75. The summed E-state index contributed by atoms with van der Waals surface area (Å²) >= 11 is 0. The van der Waals surface area contributed by atoms with Crippen molar-refractivity contribution in [3.05, 3.63) is 89.5 Å². The zero-order valence-corrected chi connectivity index (χ0v) is 21.0. The van der Waals surface area contributed by atoms with Crippen LogP contribution in [0.25, 0.3) is 11.9 Å². The number of hydrogen-bond acceptors (Lipinski definition) is 9. The van der Waals surface area contributed by atoms with Crippen molar-refractivity contribution in [2.75, 3.05) is 31.6 Å². The molecule has 2 unspecified atom stereocenters. The van der Waals surface area contributed by atoms with Gasteiger partial charge in [0.15, 0.2) is 11.6 Å². The Hall–Kier alpha value is -4.44. The lowest BCUT2D eigenvalue weighted by Crippen LogP contribution is -2.44. The lowest BCUT2D eigenvalue weighted by molar-refractivity contribution is -0.0931. The second-order valence-electron chi connectivity index (χ2n) is 9.32. The Morgan fingerprint density at radius 2 is 2.18 bits per heavy atom. The minimum absolute atomic E-state index is 0.0846. The van der Waals surface area contributed by atoms with Gasteiger partial charge in [0.05, 0.1) is 55.7 Å². The van der Waals surface area contributed by atoms with Crippen LogP contribution in [0.15, 0.2) is 61.3 Å². The first kappa shape index (κ1) is 24.9. The number of anilines is 1. The van der Waals surface area contributed by atoms with E-state index < -0.39 is 11.4 Å². The van der Waals surface area contributed by atoms with Gasteiger partial charge >= 0.3 is 0 Å². The van der Waals surface area contributed by atoms with E-state index in [1.165, 1.54) is 10.9 Å². The highest BCUT2D eigenvalue weighted by Gasteiger charge is 2.38. The molecule has 4 aromatic heterocycles. The molecule has 12 heteroatoms. The third-order valence-electron chi connectivity index (χ3n) is 6.75. The zero-order chi connectivity index (χ0) is 26.7. The first-order valence-electron chi connectivity index (χ1n) is 12.6. The highest BCUT2D eigenvalue weighted by molar-refractivity contribution is 5.60. The van der Waals surface area contributed by atoms with Crippen molar-refractivity contribution in [2.24, 2.45) is 0 Å². The van der Waals surface area contributed by atoms with Gasteiger partial charge in [-0.15, -0.1) is 0 Å². The van der Waals surface area contributed by atoms with Crippen LogP contribution >= 0.6 is 0 Å². The summed E-state index contributed by atoms with van der Waals surface area (Å²) in [6.07, 6.45) is 11.2. The van der Waals surface area contributed by atoms with Crippen molar-refractivity contribution in [1.29, 1.82) is 5.26 Å². The van der Waals surface area contributed by atoms with Crippen molar-refractivity contribution in [2.45, 2.75) is 24.8 Å². The van der Waals surface area contributed by atoms with Crippen molar-refractivity contribution in [3.63, 3.8) is 0 Å². The number of ether oxygens (including phenoxy) is 2. The van der Waals surface area contributed by atoms with Gasteiger partial charge in [-0.05, 0) is 29.8 Å². The van der Waals surface area contributed by atoms with Crippen LogP contribution in [0.3, 0.4) is 0 Å². The van der Waals surface area contributed by atoms with Gasteiger partial charge in [0, 0.05) is 37.6 Å². The van der Waals surface area contributed by atoms with Gasteiger partial charge in [-0.1, -0.05) is 12.1 Å². The fourth-order valence-electron chi connectivity index (χ4n) is 4.74. The average molecular weight is 528 g/mol. The second-order valence-corrected chi connectivity index (χ2v) is 9.32. The van der Waals surface area contributed by atoms with Crippen molar-refractivity contribution < 1.29 is 13.9 Å². The SMILES string of the molecule is N#Cc1cnn2c1C=CC(OCC1CNCCO1)(c1cccnc1NCc1ccc(-n3cc(F)cn3)nc1)C2. The highest BCUT2D eigenvalue weighted by Crippen LogP contribution is 2.38. The largest absolute Gasteiger partial charge is 0.373 e. The number of nitrogens with one attached hydrogen (secondary N) is 2. The Morgan fingerprint density at radius 1 is 1.23 bits per heavy atom. The molecule has 11 nitrogen and oxygen atoms in total. The first-order valence-corrected chi connectivity index (χ1v) is 12.6. The van der Waals surface area contributed by atoms with E-state index in [4.69, 9.17) is 9.47 Å². The van der Waals surface area contributed by atoms with Crippen LogP contribution in [0.1, 0.15) is 22.4 Å². The summed E-state index contributed by atoms with van der Waals surface area (Å²) in [6.45, 7) is 3.35. The maximum absolute atomic E-state index is 13.3. The van der Waals surface area contributed by atoms with Crippen LogP contribution < -0.4 is 10.6 Å². The summed E-state index contributed by atoms with van der Waals surface area (Å²) < 4.78 is 29.0. The molecule has 0 aliphatic carbocycles. The van der Waals surface area contributed by atoms with Crippen molar-refractivity contribution >= 4 is 11.9 Å². The maximum atomic E-state index is 13.3. The molecule has 2 aliphatic heterocycles. The Balaban J connectivity index is 1.26. The number of halogens is 1. The van der Waals surface area contributed by atoms with Crippen LogP contribution in [0.5, 0.6) is 0 Å². The molecule has 2 N–H and O–H groups in total. The van der Waals surface area contributed by atoms with Gasteiger partial charge in [-0.2, -0.15) is 15.5 Å². The molecule has 1 saturated heterocycles. The monoisotopic (exact) mass is 527 g/mol. The maximum Gasteiger partial charge on any atom is 0.161 e. The zero-order valence-electron chi connectivity index (χ0n) is 21.0. The number of nitriles is 1. The van der Waals surface area contributed by atoms with E-state index in [1.807, 2.05) is 30.4 Å². The van der Waals surface area contributed by atoms with Crippen LogP contribution in [-0.4, -0.2) is 61.9 Å². The van der Waals surface area contributed by atoms with Gasteiger partial charge in [0.2, 0.25) is 0 Å². The molecule has 6 rings (SSSR count). The summed E-state index contributed by atoms with van der Waals surface area (Å²) in [5, 5.41) is 24.6. The topological polar surface area (TPSA) is 128 Å². The summed E-state index contributed by atoms with van der Waals surface area (Å²) in [7, 11) is 0. The van der Waals surface area contributed by atoms with Crippen molar-refractivity contribution in [3.8, 4) is 11.9 Å². The van der Waals surface area contributed by atoms with E-state index in [2.05, 4.69) is 36.9 Å². The van der Waals surface area contributed by atoms with Crippen LogP contribution in [0.4, 0.5) is 10.2 Å². The lowest BCUT2D eigenvalue weighted by atomic mass is 9.90. The normalized spacial score (nSPS) is 20.4. The minimum atomic E-state index is -0.893. The van der Waals surface area contributed by atoms with E-state index in [-0.39, 0.29) is 6.10 Å². The van der Waals surface area contributed by atoms with E-state index in [9.17, 15) is 9.65 Å². The third kappa shape index (κ3) is 5.15. The fourth-order valence-corrected chi connectivity index (χ4v) is 4.74. The van der Waals surface area contributed by atoms with Gasteiger partial charge < -0.3 is 20.1 Å². The number of fused-ring (bicyclic) bond motifs is 1. The molecule has 0 bridgehead atoms. The standard InChI is InChI=1S/C27H26FN9O2/c28-21-14-35-36(16-21)25-4-3-19(11-32-25)12-33-26-23(2-1-7-31-26)27(39-17-22-15-30-8-9-38-22)6-5-24-20(10-29)13-34-37(24)18-27/h1-7,11,13-14,16,22,30H,8-9,12,15,17-18H2,(H,31,33). The molecule has 0 radical (unpaired) electrons. The predicted molar refractivity (Wildman–Crippen MR) is 139 cm³/mol. The molecule has 198 valence electrons. The molecule has 6 heterocycles. The minimum Gasteiger partial charge on any atom is -0.373 e. The lowest BCUT2D eigenvalue weighted by Gasteiger charge is -2.37. The molecule has 4 aromatic rings. The van der Waals surface area contributed by atoms with E-state index in [0.29, 0.717) is 50.0 Å². The first-order chi connectivity index (χ1) is 19.1. The van der Waals surface area contributed by atoms with Crippen LogP contribution in [0, 0.1) is 17.1 Å². The molecule has 0 aromatic carbocycles. The van der Waals surface area contributed by atoms with E-state index in [1.54, 1.807) is 29.3 Å². The number of morpholine rings is 1. The Morgan fingerprint density at radius 3 is 2.95 bits per heavy atom. The van der Waals surface area contributed by atoms with Gasteiger partial charge in [0.1, 0.15) is 17.5 Å². The van der Waals surface area contributed by atoms with Gasteiger partial charge in [-0.25, -0.2) is 19.0 Å². The Labute approximate surface area is 223 Å². The fraction of sp³-hybridized carbons (Fsp3) is 0.296. The van der Waals surface area contributed by atoms with Gasteiger partial charge in [0.25, 0.3) is 0 Å². The number of rotatable bonds is 8. The Bertz CT molecular complexity index is 1520. The summed E-state index contributed by atoms with van der Waals surface area (Å²) in [5.74, 6) is 0.752. The van der Waals surface area contributed by atoms with E-state index in [0.717, 1.165) is 29.6 Å². The second kappa shape index (κ2) is 10.7. The molecular formula is C27H26FN9O2. The summed E-state index contributed by atoms with van der Waals surface area (Å²) in [6, 6.07) is 9.72. The quantitative estimate of drug-likeness (QED) is 0.355. The summed E-state index contributed by atoms with van der Waals surface area (Å²) in [4.78, 5) is 9.02. The highest BCUT2D eigenvalue weighted by atomic mass is 19.1. The predicted octanol–water partition coefficient (Wildman–Crippen LogP) is 2.41. The van der Waals surface area contributed by atoms with Gasteiger partial charge in [-0.3, -0.25) is 4.68 Å². The number of nitrogens with zero attached hydrogens (tertiary/aromatic N) is 7. The van der Waals surface area contributed by atoms with Crippen molar-refractivity contribution in [1.82, 2.24) is 34.8 Å². The molecule has 1 fully saturated rings. The summed E-state index contributed by atoms with van der Waals surface area (Å²) in [5.41, 5.74) is 2.11. The van der Waals surface area contributed by atoms with Crippen LogP contribution in [-0.2, 0) is 28.2 Å². The average Bonchev–Trinajstić information content (AvgIpc) is 3.61. The molecule has 2 aliphatic rings. The number of aromatic nitrogens is 6. The van der Waals surface area contributed by atoms with Crippen LogP contribution in [0.2, 0.25) is 0 Å². The molecule has 39 heavy (non-hydrogen) atoms.